The van der Waals surface area contributed by atoms with Crippen molar-refractivity contribution in [2.45, 2.75) is 19.4 Å². The summed E-state index contributed by atoms with van der Waals surface area (Å²) in [5.41, 5.74) is 3.89. The van der Waals surface area contributed by atoms with Gasteiger partial charge in [-0.2, -0.15) is 0 Å². The molecule has 0 bridgehead atoms. The number of likely N-dealkylation sites (tertiary alicyclic amines) is 1. The van der Waals surface area contributed by atoms with Crippen molar-refractivity contribution in [3.63, 3.8) is 0 Å². The molecule has 0 aliphatic carbocycles. The van der Waals surface area contributed by atoms with Gasteiger partial charge in [0.15, 0.2) is 0 Å². The van der Waals surface area contributed by atoms with Gasteiger partial charge in [0.05, 0.1) is 31.3 Å². The van der Waals surface area contributed by atoms with E-state index < -0.39 is 5.97 Å². The number of hydrogen-bond donors (Lipinski definition) is 0. The van der Waals surface area contributed by atoms with Gasteiger partial charge in [-0.05, 0) is 72.0 Å². The van der Waals surface area contributed by atoms with Gasteiger partial charge in [-0.25, -0.2) is 4.79 Å². The number of methoxy groups -OCH3 is 2. The molecule has 0 aromatic heterocycles. The Bertz CT molecular complexity index is 1610. The van der Waals surface area contributed by atoms with Crippen LogP contribution in [0.15, 0.2) is 97.1 Å². The second kappa shape index (κ2) is 15.6. The van der Waals surface area contributed by atoms with E-state index in [1.165, 1.54) is 25.8 Å². The molecular weight excluding hydrogens is 586 g/mol. The summed E-state index contributed by atoms with van der Waals surface area (Å²) in [5, 5.41) is 0. The molecule has 0 atom stereocenters. The fraction of sp³-hybridized carbons (Fsp3) is 0.270. The maximum absolute atomic E-state index is 13.5. The topological polar surface area (TPSA) is 101 Å². The summed E-state index contributed by atoms with van der Waals surface area (Å²) in [7, 11) is 2.65. The van der Waals surface area contributed by atoms with Gasteiger partial charge in [-0.3, -0.25) is 9.59 Å². The van der Waals surface area contributed by atoms with Crippen molar-refractivity contribution < 1.29 is 38.1 Å². The fourth-order valence-corrected chi connectivity index (χ4v) is 5.26. The zero-order valence-corrected chi connectivity index (χ0v) is 26.0. The Morgan fingerprint density at radius 1 is 0.696 bits per heavy atom. The quantitative estimate of drug-likeness (QED) is 0.136. The van der Waals surface area contributed by atoms with Crippen LogP contribution >= 0.6 is 0 Å². The Labute approximate surface area is 268 Å². The molecule has 4 aromatic carbocycles. The Morgan fingerprint density at radius 3 is 1.98 bits per heavy atom. The third kappa shape index (κ3) is 8.24. The number of benzene rings is 4. The van der Waals surface area contributed by atoms with Crippen LogP contribution in [-0.4, -0.2) is 63.3 Å². The maximum atomic E-state index is 13.5. The summed E-state index contributed by atoms with van der Waals surface area (Å²) in [4.78, 5) is 39.2. The maximum Gasteiger partial charge on any atom is 0.337 e. The van der Waals surface area contributed by atoms with E-state index in [1.54, 1.807) is 17.0 Å². The Balaban J connectivity index is 1.12. The molecule has 1 aliphatic heterocycles. The summed E-state index contributed by atoms with van der Waals surface area (Å²) in [5.74, 6) is 0.359. The predicted molar refractivity (Wildman–Crippen MR) is 172 cm³/mol. The van der Waals surface area contributed by atoms with E-state index in [0.717, 1.165) is 16.9 Å². The third-order valence-electron chi connectivity index (χ3n) is 7.85. The molecule has 1 saturated heterocycles. The van der Waals surface area contributed by atoms with Gasteiger partial charge in [0.1, 0.15) is 37.1 Å². The van der Waals surface area contributed by atoms with Crippen LogP contribution in [0.3, 0.4) is 0 Å². The molecule has 1 aliphatic rings. The van der Waals surface area contributed by atoms with Gasteiger partial charge in [-0.15, -0.1) is 0 Å². The SMILES string of the molecule is COC(=O)c1ccc(OCCOc2ccc(OCc3ccc(-c4ccccc4)cc3)cc2)c(C(=O)N2CCC(C(=O)OC)CC2)c1. The van der Waals surface area contributed by atoms with Crippen LogP contribution in [0.5, 0.6) is 17.2 Å². The molecular formula is C37H37NO8. The van der Waals surface area contributed by atoms with E-state index in [4.69, 9.17) is 23.7 Å². The molecule has 46 heavy (non-hydrogen) atoms. The van der Waals surface area contributed by atoms with E-state index in [0.29, 0.717) is 44.0 Å². The van der Waals surface area contributed by atoms with E-state index in [2.05, 4.69) is 36.4 Å². The monoisotopic (exact) mass is 623 g/mol. The first-order chi connectivity index (χ1) is 22.4. The van der Waals surface area contributed by atoms with Crippen LogP contribution in [-0.2, 0) is 20.9 Å². The highest BCUT2D eigenvalue weighted by Gasteiger charge is 2.30. The minimum absolute atomic E-state index is 0.166. The molecule has 9 heteroatoms. The zero-order valence-electron chi connectivity index (χ0n) is 26.0. The second-order valence-corrected chi connectivity index (χ2v) is 10.8. The minimum atomic E-state index is -0.554. The van der Waals surface area contributed by atoms with Crippen molar-refractivity contribution in [3.8, 4) is 28.4 Å². The standard InChI is InChI=1S/C37H37NO8/c1-42-36(40)29-18-20-38(21-19-29)35(39)33-24-30(37(41)43-2)12-17-34(33)45-23-22-44-31-13-15-32(16-14-31)46-25-26-8-10-28(11-9-26)27-6-4-3-5-7-27/h3-17,24,29H,18-23,25H2,1-2H3. The molecule has 1 amide bonds. The largest absolute Gasteiger partial charge is 0.490 e. The van der Waals surface area contributed by atoms with E-state index in [9.17, 15) is 14.4 Å². The van der Waals surface area contributed by atoms with Crippen LogP contribution in [0.1, 0.15) is 39.1 Å². The number of rotatable bonds is 12. The van der Waals surface area contributed by atoms with Crippen molar-refractivity contribution in [3.05, 3.63) is 114 Å². The second-order valence-electron chi connectivity index (χ2n) is 10.8. The van der Waals surface area contributed by atoms with Crippen molar-refractivity contribution in [2.24, 2.45) is 5.92 Å². The summed E-state index contributed by atoms with van der Waals surface area (Å²) in [6.07, 6.45) is 1.01. The summed E-state index contributed by atoms with van der Waals surface area (Å²) < 4.78 is 27.4. The van der Waals surface area contributed by atoms with Gasteiger partial charge in [0.2, 0.25) is 0 Å². The van der Waals surface area contributed by atoms with E-state index >= 15 is 0 Å². The van der Waals surface area contributed by atoms with Crippen LogP contribution in [0, 0.1) is 5.92 Å². The van der Waals surface area contributed by atoms with Crippen LogP contribution in [0.25, 0.3) is 11.1 Å². The highest BCUT2D eigenvalue weighted by atomic mass is 16.5. The lowest BCUT2D eigenvalue weighted by atomic mass is 9.96. The van der Waals surface area contributed by atoms with Gasteiger partial charge in [0.25, 0.3) is 5.91 Å². The van der Waals surface area contributed by atoms with Gasteiger partial charge < -0.3 is 28.6 Å². The highest BCUT2D eigenvalue weighted by molar-refractivity contribution is 6.00. The summed E-state index contributed by atoms with van der Waals surface area (Å²) >= 11 is 0. The first-order valence-corrected chi connectivity index (χ1v) is 15.2. The molecule has 0 saturated carbocycles. The first kappa shape index (κ1) is 32.1. The number of carbonyl (C=O) groups excluding carboxylic acids is 3. The average Bonchev–Trinajstić information content (AvgIpc) is 3.12. The summed E-state index contributed by atoms with van der Waals surface area (Å²) in [6.45, 7) is 1.63. The minimum Gasteiger partial charge on any atom is -0.490 e. The molecule has 0 spiro atoms. The Kier molecular flexibility index (Phi) is 10.9. The molecule has 4 aromatic rings. The number of esters is 2. The van der Waals surface area contributed by atoms with Gasteiger partial charge >= 0.3 is 11.9 Å². The van der Waals surface area contributed by atoms with Gasteiger partial charge in [0, 0.05) is 13.1 Å². The average molecular weight is 624 g/mol. The number of amides is 1. The van der Waals surface area contributed by atoms with Crippen LogP contribution < -0.4 is 14.2 Å². The molecule has 5 rings (SSSR count). The molecule has 1 fully saturated rings. The number of carbonyl (C=O) groups is 3. The number of ether oxygens (including phenoxy) is 5. The van der Waals surface area contributed by atoms with Crippen molar-refractivity contribution in [1.29, 1.82) is 0 Å². The normalized spacial score (nSPS) is 13.0. The van der Waals surface area contributed by atoms with Crippen molar-refractivity contribution in [2.75, 3.05) is 40.5 Å². The predicted octanol–water partition coefficient (Wildman–Crippen LogP) is 6.20. The number of nitrogens with zero attached hydrogens (tertiary/aromatic N) is 1. The van der Waals surface area contributed by atoms with Crippen molar-refractivity contribution in [1.82, 2.24) is 4.90 Å². The third-order valence-corrected chi connectivity index (χ3v) is 7.85. The molecule has 0 radical (unpaired) electrons. The van der Waals surface area contributed by atoms with Crippen molar-refractivity contribution >= 4 is 17.8 Å². The summed E-state index contributed by atoms with van der Waals surface area (Å²) in [6, 6.07) is 30.5. The Morgan fingerprint density at radius 2 is 1.33 bits per heavy atom. The van der Waals surface area contributed by atoms with Gasteiger partial charge in [-0.1, -0.05) is 54.6 Å². The number of hydrogen-bond acceptors (Lipinski definition) is 8. The number of piperidine rings is 1. The lowest BCUT2D eigenvalue weighted by molar-refractivity contribution is -0.146. The molecule has 0 N–H and O–H groups in total. The lowest BCUT2D eigenvalue weighted by Crippen LogP contribution is -2.40. The van der Waals surface area contributed by atoms with E-state index in [-0.39, 0.29) is 42.1 Å². The first-order valence-electron chi connectivity index (χ1n) is 15.2. The molecule has 238 valence electrons. The molecule has 9 nitrogen and oxygen atoms in total. The lowest BCUT2D eigenvalue weighted by Gasteiger charge is -2.31. The van der Waals surface area contributed by atoms with Crippen LogP contribution in [0.4, 0.5) is 0 Å². The van der Waals surface area contributed by atoms with E-state index in [1.807, 2.05) is 42.5 Å². The van der Waals surface area contributed by atoms with Crippen LogP contribution in [0.2, 0.25) is 0 Å². The zero-order chi connectivity index (χ0) is 32.3. The fourth-order valence-electron chi connectivity index (χ4n) is 5.26. The highest BCUT2D eigenvalue weighted by Crippen LogP contribution is 2.27. The smallest absolute Gasteiger partial charge is 0.337 e. The Hall–Kier alpha value is -5.31. The molecule has 1 heterocycles. The molecule has 0 unspecified atom stereocenters.